The third kappa shape index (κ3) is 4.77. The maximum atomic E-state index is 10.2. The zero-order valence-corrected chi connectivity index (χ0v) is 24.0. The lowest BCUT2D eigenvalue weighted by molar-refractivity contribution is 0.186. The van der Waals surface area contributed by atoms with Crippen LogP contribution in [0.2, 0.25) is 5.02 Å². The van der Waals surface area contributed by atoms with Crippen molar-refractivity contribution < 1.29 is 9.84 Å². The second-order valence-corrected chi connectivity index (χ2v) is 11.9. The molecule has 9 nitrogen and oxygen atoms in total. The normalized spacial score (nSPS) is 19.3. The monoisotopic (exact) mass is 577 g/mol. The molecule has 0 saturated carbocycles. The summed E-state index contributed by atoms with van der Waals surface area (Å²) < 4.78 is 5.20. The van der Waals surface area contributed by atoms with Crippen LogP contribution in [0.4, 0.5) is 11.5 Å². The predicted molar refractivity (Wildman–Crippen MR) is 158 cm³/mol. The number of methoxy groups -OCH3 is 1. The lowest BCUT2D eigenvalue weighted by Gasteiger charge is -2.42. The number of hydrogen-bond donors (Lipinski definition) is 2. The molecule has 4 heterocycles. The van der Waals surface area contributed by atoms with Crippen LogP contribution in [-0.2, 0) is 17.8 Å². The fourth-order valence-corrected chi connectivity index (χ4v) is 7.18. The highest BCUT2D eigenvalue weighted by molar-refractivity contribution is 7.99. The molecule has 208 valence electrons. The second kappa shape index (κ2) is 11.1. The van der Waals surface area contributed by atoms with Gasteiger partial charge in [-0.25, -0.2) is 15.0 Å². The van der Waals surface area contributed by atoms with Crippen molar-refractivity contribution in [3.8, 4) is 0 Å². The first-order chi connectivity index (χ1) is 19.4. The Labute approximate surface area is 243 Å². The van der Waals surface area contributed by atoms with Crippen molar-refractivity contribution in [2.45, 2.75) is 41.8 Å². The average molecular weight is 578 g/mol. The maximum absolute atomic E-state index is 10.2. The summed E-state index contributed by atoms with van der Waals surface area (Å²) in [6, 6.07) is 7.93. The minimum absolute atomic E-state index is 0.00396. The van der Waals surface area contributed by atoms with E-state index in [2.05, 4.69) is 27.5 Å². The number of hydrogen-bond acceptors (Lipinski definition) is 10. The number of pyridine rings is 1. The van der Waals surface area contributed by atoms with Crippen LogP contribution in [0, 0.1) is 5.41 Å². The van der Waals surface area contributed by atoms with Crippen LogP contribution in [0.5, 0.6) is 0 Å². The van der Waals surface area contributed by atoms with Crippen LogP contribution in [0.1, 0.15) is 41.4 Å². The lowest BCUT2D eigenvalue weighted by Crippen LogP contribution is -2.45. The third-order valence-electron chi connectivity index (χ3n) is 8.26. The minimum Gasteiger partial charge on any atom is -0.390 e. The second-order valence-electron chi connectivity index (χ2n) is 10.4. The predicted octanol–water partition coefficient (Wildman–Crippen LogP) is 4.60. The summed E-state index contributed by atoms with van der Waals surface area (Å²) in [5.74, 6) is 0.719. The number of fused-ring (bicyclic) bond motifs is 2. The number of halogens is 1. The van der Waals surface area contributed by atoms with Crippen LogP contribution in [-0.4, -0.2) is 64.6 Å². The molecule has 1 aliphatic carbocycles. The van der Waals surface area contributed by atoms with Gasteiger partial charge in [0.05, 0.1) is 36.5 Å². The van der Waals surface area contributed by atoms with Gasteiger partial charge in [0.25, 0.3) is 0 Å². The zero-order chi connectivity index (χ0) is 27.9. The van der Waals surface area contributed by atoms with Gasteiger partial charge in [-0.3, -0.25) is 4.98 Å². The van der Waals surface area contributed by atoms with Crippen molar-refractivity contribution in [2.75, 3.05) is 38.3 Å². The van der Waals surface area contributed by atoms with Gasteiger partial charge in [0.15, 0.2) is 5.82 Å². The average Bonchev–Trinajstić information content (AvgIpc) is 3.25. The molecule has 1 saturated heterocycles. The SMILES string of the molecule is C=C1c2c(ccc(Sc3cnc(N4CCC5(CC4)Cc4ncccc4C5N)c(CO)n3)c2Cl)N=CN1CCOC. The van der Waals surface area contributed by atoms with E-state index >= 15 is 0 Å². The number of benzene rings is 1. The van der Waals surface area contributed by atoms with Crippen LogP contribution >= 0.6 is 23.4 Å². The van der Waals surface area contributed by atoms with E-state index in [1.807, 2.05) is 29.3 Å². The summed E-state index contributed by atoms with van der Waals surface area (Å²) in [6.07, 6.45) is 8.14. The van der Waals surface area contributed by atoms with Gasteiger partial charge in [-0.2, -0.15) is 0 Å². The Balaban J connectivity index is 1.18. The molecule has 1 aromatic carbocycles. The van der Waals surface area contributed by atoms with E-state index in [9.17, 15) is 5.11 Å². The molecule has 11 heteroatoms. The third-order valence-corrected chi connectivity index (χ3v) is 9.73. The molecule has 3 N–H and O–H groups in total. The summed E-state index contributed by atoms with van der Waals surface area (Å²) in [5.41, 5.74) is 11.9. The van der Waals surface area contributed by atoms with E-state index in [-0.39, 0.29) is 18.1 Å². The molecule has 6 rings (SSSR count). The van der Waals surface area contributed by atoms with Gasteiger partial charge in [0.2, 0.25) is 0 Å². The number of nitrogens with two attached hydrogens (primary N) is 1. The van der Waals surface area contributed by atoms with Gasteiger partial charge in [0, 0.05) is 60.8 Å². The van der Waals surface area contributed by atoms with E-state index in [1.165, 1.54) is 17.3 Å². The highest BCUT2D eigenvalue weighted by atomic mass is 35.5. The number of aliphatic hydroxyl groups excluding tert-OH is 1. The van der Waals surface area contributed by atoms with Crippen molar-refractivity contribution in [3.05, 3.63) is 70.8 Å². The molecule has 0 radical (unpaired) electrons. The van der Waals surface area contributed by atoms with Crippen molar-refractivity contribution >= 4 is 46.9 Å². The molecule has 1 spiro atoms. The van der Waals surface area contributed by atoms with Gasteiger partial charge in [-0.15, -0.1) is 0 Å². The minimum atomic E-state index is -0.203. The summed E-state index contributed by atoms with van der Waals surface area (Å²) in [4.78, 5) is 23.6. The fourth-order valence-electron chi connectivity index (χ4n) is 5.98. The summed E-state index contributed by atoms with van der Waals surface area (Å²) in [7, 11) is 1.66. The Bertz CT molecular complexity index is 1470. The van der Waals surface area contributed by atoms with Crippen molar-refractivity contribution in [1.82, 2.24) is 19.9 Å². The van der Waals surface area contributed by atoms with Gasteiger partial charge in [-0.05, 0) is 48.4 Å². The standard InChI is InChI=1S/C29H32ClN7O2S/c1-18-25-20(34-17-37(18)12-13-39-2)5-6-23(26(25)30)40-24-15-33-28(22(16-38)35-24)36-10-7-29(8-11-36)14-21-19(27(29)31)4-3-9-32-21/h3-6,9,15,17,27,38H,1,7-8,10-14,16,31H2,2H3. The number of anilines is 1. The van der Waals surface area contributed by atoms with E-state index in [4.69, 9.17) is 32.0 Å². The molecule has 0 bridgehead atoms. The van der Waals surface area contributed by atoms with Crippen molar-refractivity contribution in [3.63, 3.8) is 0 Å². The first kappa shape index (κ1) is 27.2. The quantitative estimate of drug-likeness (QED) is 0.416. The number of rotatable bonds is 7. The van der Waals surface area contributed by atoms with Gasteiger partial charge >= 0.3 is 0 Å². The number of aliphatic imine (C=N–C) groups is 1. The Morgan fingerprint density at radius 3 is 2.83 bits per heavy atom. The van der Waals surface area contributed by atoms with Crippen LogP contribution in [0.25, 0.3) is 5.70 Å². The van der Waals surface area contributed by atoms with Crippen LogP contribution < -0.4 is 10.6 Å². The van der Waals surface area contributed by atoms with Gasteiger partial charge in [0.1, 0.15) is 10.7 Å². The summed E-state index contributed by atoms with van der Waals surface area (Å²) in [6.45, 7) is 6.82. The molecule has 2 aliphatic heterocycles. The van der Waals surface area contributed by atoms with Crippen molar-refractivity contribution in [2.24, 2.45) is 16.1 Å². The fraction of sp³-hybridized carbons (Fsp3) is 0.379. The molecule has 1 atom stereocenters. The zero-order valence-electron chi connectivity index (χ0n) is 22.4. The highest BCUT2D eigenvalue weighted by Crippen LogP contribution is 2.50. The first-order valence-corrected chi connectivity index (χ1v) is 14.5. The van der Waals surface area contributed by atoms with E-state index in [0.717, 1.165) is 65.7 Å². The van der Waals surface area contributed by atoms with Crippen molar-refractivity contribution in [1.29, 1.82) is 0 Å². The Hall–Kier alpha value is -3.02. The summed E-state index contributed by atoms with van der Waals surface area (Å²) >= 11 is 8.27. The van der Waals surface area contributed by atoms with Gasteiger partial charge < -0.3 is 25.4 Å². The van der Waals surface area contributed by atoms with E-state index in [1.54, 1.807) is 19.6 Å². The largest absolute Gasteiger partial charge is 0.390 e. The smallest absolute Gasteiger partial charge is 0.152 e. The molecule has 3 aliphatic rings. The summed E-state index contributed by atoms with van der Waals surface area (Å²) in [5, 5.41) is 11.4. The topological polar surface area (TPSA) is 113 Å². The van der Waals surface area contributed by atoms with Crippen LogP contribution in [0.3, 0.4) is 0 Å². The molecular weight excluding hydrogens is 546 g/mol. The molecule has 3 aromatic rings. The van der Waals surface area contributed by atoms with E-state index in [0.29, 0.717) is 28.9 Å². The Morgan fingerprint density at radius 1 is 1.25 bits per heavy atom. The van der Waals surface area contributed by atoms with Gasteiger partial charge in [-0.1, -0.05) is 36.0 Å². The first-order valence-electron chi connectivity index (χ1n) is 13.3. The van der Waals surface area contributed by atoms with Crippen LogP contribution in [0.15, 0.2) is 58.2 Å². The molecule has 0 amide bonds. The molecule has 40 heavy (non-hydrogen) atoms. The number of ether oxygens (including phenoxy) is 1. The Morgan fingerprint density at radius 2 is 2.08 bits per heavy atom. The molecule has 2 aromatic heterocycles. The number of nitrogens with zero attached hydrogens (tertiary/aromatic N) is 6. The Kier molecular flexibility index (Phi) is 7.54. The number of piperidine rings is 1. The lowest BCUT2D eigenvalue weighted by atomic mass is 9.73. The molecule has 1 unspecified atom stereocenters. The van der Waals surface area contributed by atoms with E-state index < -0.39 is 0 Å². The number of aromatic nitrogens is 3. The maximum Gasteiger partial charge on any atom is 0.152 e. The molecule has 1 fully saturated rings. The highest BCUT2D eigenvalue weighted by Gasteiger charge is 2.46. The number of aliphatic hydroxyl groups is 1. The molecular formula is C29H32ClN7O2S.